The van der Waals surface area contributed by atoms with E-state index in [0.29, 0.717) is 83.0 Å². The standard InChI is InChI=1S/C40H61N11O10/c41-17-5-4-16-33(54)61-39(60)31-15-9-21-51(31)37(58)28(24-52)48-34(55)27(22-25-10-2-1-3-11-25)47-32(53)23-46-35(56)29-13-7-19-49(29)38(59)30-14-8-20-50(30)36(57)26(42)12-6-18-45-40(43)44/h1-3,10-11,26-31,52H,4-9,12-24,41-42H2,(H,46,56)(H,47,53)(H,48,55)(H4,43,44,45)/t26-,27-,28-,29-,30-,31-/m0/s1. The fraction of sp³-hybridized carbons (Fsp3) is 0.625. The maximum absolute atomic E-state index is 13.8. The molecular formula is C40H61N11O10. The third-order valence-corrected chi connectivity index (χ3v) is 11.0. The van der Waals surface area contributed by atoms with Gasteiger partial charge in [0.2, 0.25) is 35.4 Å². The number of guanidine groups is 1. The molecule has 3 heterocycles. The second kappa shape index (κ2) is 23.9. The summed E-state index contributed by atoms with van der Waals surface area (Å²) in [5, 5.41) is 17.9. The molecule has 6 atom stereocenters. The van der Waals surface area contributed by atoms with E-state index < -0.39 is 85.0 Å². The molecule has 3 saturated heterocycles. The summed E-state index contributed by atoms with van der Waals surface area (Å²) in [6, 6.07) is 2.30. The van der Waals surface area contributed by atoms with E-state index in [9.17, 15) is 43.5 Å². The third-order valence-electron chi connectivity index (χ3n) is 11.0. The Balaban J connectivity index is 1.35. The lowest BCUT2D eigenvalue weighted by atomic mass is 10.0. The molecule has 0 unspecified atom stereocenters. The van der Waals surface area contributed by atoms with Crippen molar-refractivity contribution in [3.8, 4) is 0 Å². The third kappa shape index (κ3) is 13.9. The van der Waals surface area contributed by atoms with Gasteiger partial charge >= 0.3 is 11.9 Å². The summed E-state index contributed by atoms with van der Waals surface area (Å²) in [7, 11) is 0. The van der Waals surface area contributed by atoms with E-state index in [4.69, 9.17) is 27.7 Å². The summed E-state index contributed by atoms with van der Waals surface area (Å²) < 4.78 is 4.97. The molecule has 336 valence electrons. The topological polar surface area (TPSA) is 328 Å². The van der Waals surface area contributed by atoms with Gasteiger partial charge in [-0.05, 0) is 76.3 Å². The second-order valence-corrected chi connectivity index (χ2v) is 15.4. The van der Waals surface area contributed by atoms with Crippen LogP contribution in [0.5, 0.6) is 0 Å². The first-order valence-electron chi connectivity index (χ1n) is 20.9. The van der Waals surface area contributed by atoms with Gasteiger partial charge in [0, 0.05) is 39.0 Å². The molecule has 3 aliphatic heterocycles. The molecule has 0 bridgehead atoms. The van der Waals surface area contributed by atoms with Gasteiger partial charge in [-0.1, -0.05) is 30.3 Å². The highest BCUT2D eigenvalue weighted by atomic mass is 16.6. The zero-order valence-corrected chi connectivity index (χ0v) is 34.5. The minimum Gasteiger partial charge on any atom is -0.394 e. The van der Waals surface area contributed by atoms with Crippen LogP contribution in [0.15, 0.2) is 35.3 Å². The van der Waals surface area contributed by atoms with Gasteiger partial charge in [0.05, 0.1) is 19.2 Å². The molecule has 21 nitrogen and oxygen atoms in total. The van der Waals surface area contributed by atoms with Crippen LogP contribution in [0.4, 0.5) is 0 Å². The predicted octanol–water partition coefficient (Wildman–Crippen LogP) is -3.14. The molecule has 1 aromatic carbocycles. The number of aliphatic imine (C=N–C) groups is 1. The average molecular weight is 856 g/mol. The molecule has 0 aromatic heterocycles. The Morgan fingerprint density at radius 2 is 1.44 bits per heavy atom. The number of nitrogens with zero attached hydrogens (tertiary/aromatic N) is 4. The first-order chi connectivity index (χ1) is 29.2. The number of nitrogens with one attached hydrogen (secondary N) is 3. The van der Waals surface area contributed by atoms with Crippen LogP contribution in [0, 0.1) is 0 Å². The number of nitrogens with two attached hydrogens (primary N) is 4. The van der Waals surface area contributed by atoms with Crippen molar-refractivity contribution in [2.75, 3.05) is 45.9 Å². The van der Waals surface area contributed by atoms with Crippen LogP contribution in [-0.4, -0.2) is 155 Å². The number of esters is 2. The van der Waals surface area contributed by atoms with Crippen LogP contribution >= 0.6 is 0 Å². The zero-order valence-electron chi connectivity index (χ0n) is 34.5. The predicted molar refractivity (Wildman–Crippen MR) is 220 cm³/mol. The highest BCUT2D eigenvalue weighted by molar-refractivity contribution is 5.97. The average Bonchev–Trinajstić information content (AvgIpc) is 4.05. The van der Waals surface area contributed by atoms with Crippen LogP contribution in [0.25, 0.3) is 0 Å². The molecule has 12 N–H and O–H groups in total. The minimum atomic E-state index is -1.50. The van der Waals surface area contributed by atoms with Crippen LogP contribution in [0.3, 0.4) is 0 Å². The Morgan fingerprint density at radius 3 is 2.10 bits per heavy atom. The second-order valence-electron chi connectivity index (χ2n) is 15.4. The lowest BCUT2D eigenvalue weighted by molar-refractivity contribution is -0.165. The number of amides is 6. The fourth-order valence-electron chi connectivity index (χ4n) is 7.81. The van der Waals surface area contributed by atoms with E-state index in [1.54, 1.807) is 30.3 Å². The smallest absolute Gasteiger partial charge is 0.336 e. The van der Waals surface area contributed by atoms with Crippen molar-refractivity contribution in [2.24, 2.45) is 27.9 Å². The summed E-state index contributed by atoms with van der Waals surface area (Å²) in [6.45, 7) is 0.0478. The van der Waals surface area contributed by atoms with Crippen molar-refractivity contribution in [3.05, 3.63) is 35.9 Å². The number of benzene rings is 1. The van der Waals surface area contributed by atoms with Crippen LogP contribution in [0.1, 0.15) is 76.2 Å². The molecule has 6 amide bonds. The van der Waals surface area contributed by atoms with E-state index in [0.717, 1.165) is 4.90 Å². The maximum atomic E-state index is 13.8. The number of ether oxygens (including phenoxy) is 1. The molecule has 0 saturated carbocycles. The van der Waals surface area contributed by atoms with Gasteiger partial charge in [-0.25, -0.2) is 4.79 Å². The van der Waals surface area contributed by atoms with Crippen molar-refractivity contribution in [2.45, 2.75) is 113 Å². The Bertz CT molecular complexity index is 1740. The van der Waals surface area contributed by atoms with Crippen LogP contribution < -0.4 is 38.9 Å². The number of unbranched alkanes of at least 4 members (excludes halogenated alkanes) is 1. The number of rotatable bonds is 21. The Kier molecular flexibility index (Phi) is 18.8. The number of aliphatic hydroxyl groups excluding tert-OH is 1. The molecule has 0 aliphatic carbocycles. The van der Waals surface area contributed by atoms with Gasteiger partial charge in [-0.15, -0.1) is 0 Å². The number of likely N-dealkylation sites (tertiary alicyclic amines) is 3. The lowest BCUT2D eigenvalue weighted by Gasteiger charge is -2.32. The summed E-state index contributed by atoms with van der Waals surface area (Å²) in [5.74, 6) is -5.38. The number of hydrogen-bond donors (Lipinski definition) is 8. The van der Waals surface area contributed by atoms with Crippen molar-refractivity contribution >= 4 is 53.3 Å². The summed E-state index contributed by atoms with van der Waals surface area (Å²) in [6.07, 6.45) is 4.26. The number of carbonyl (C=O) groups is 8. The molecule has 4 rings (SSSR count). The van der Waals surface area contributed by atoms with Gasteiger partial charge in [-0.2, -0.15) is 0 Å². The summed E-state index contributed by atoms with van der Waals surface area (Å²) >= 11 is 0. The zero-order chi connectivity index (χ0) is 44.5. The minimum absolute atomic E-state index is 0.0139. The van der Waals surface area contributed by atoms with E-state index in [1.807, 2.05) is 0 Å². The molecule has 3 fully saturated rings. The Hall–Kier alpha value is -5.67. The van der Waals surface area contributed by atoms with Gasteiger partial charge < -0.3 is 63.4 Å². The van der Waals surface area contributed by atoms with E-state index in [-0.39, 0.29) is 50.1 Å². The SMILES string of the molecule is NCCCCC(=O)OC(=O)[C@@H]1CCCN1C(=O)[C@H](CO)NC(=O)[C@H](Cc1ccccc1)NC(=O)CNC(=O)[C@@H]1CCCN1C(=O)[C@@H]1CCCN1C(=O)[C@@H](N)CCCN=C(N)N. The van der Waals surface area contributed by atoms with Crippen LogP contribution in [0.2, 0.25) is 0 Å². The molecule has 61 heavy (non-hydrogen) atoms. The summed E-state index contributed by atoms with van der Waals surface area (Å²) in [4.78, 5) is 114. The Labute approximate surface area is 354 Å². The fourth-order valence-corrected chi connectivity index (χ4v) is 7.81. The van der Waals surface area contributed by atoms with Gasteiger partial charge in [-0.3, -0.25) is 38.6 Å². The number of hydrogen-bond acceptors (Lipinski definition) is 13. The largest absolute Gasteiger partial charge is 0.394 e. The molecule has 0 spiro atoms. The molecule has 21 heteroatoms. The maximum Gasteiger partial charge on any atom is 0.336 e. The molecule has 0 radical (unpaired) electrons. The first-order valence-corrected chi connectivity index (χ1v) is 20.9. The highest BCUT2D eigenvalue weighted by Crippen LogP contribution is 2.26. The quantitative estimate of drug-likeness (QED) is 0.0199. The number of aliphatic hydroxyl groups is 1. The van der Waals surface area contributed by atoms with Gasteiger partial charge in [0.25, 0.3) is 0 Å². The highest BCUT2D eigenvalue weighted by Gasteiger charge is 2.43. The van der Waals surface area contributed by atoms with E-state index in [1.165, 1.54) is 9.80 Å². The Morgan fingerprint density at radius 1 is 0.803 bits per heavy atom. The van der Waals surface area contributed by atoms with Gasteiger partial charge in [0.1, 0.15) is 30.2 Å². The van der Waals surface area contributed by atoms with E-state index in [2.05, 4.69) is 20.9 Å². The van der Waals surface area contributed by atoms with Gasteiger partial charge in [0.15, 0.2) is 5.96 Å². The number of carbonyl (C=O) groups excluding carboxylic acids is 8. The molecule has 1 aromatic rings. The van der Waals surface area contributed by atoms with Crippen molar-refractivity contribution in [1.29, 1.82) is 0 Å². The van der Waals surface area contributed by atoms with E-state index >= 15 is 0 Å². The first kappa shape index (κ1) is 48.0. The summed E-state index contributed by atoms with van der Waals surface area (Å²) in [5.41, 5.74) is 23.0. The van der Waals surface area contributed by atoms with Crippen molar-refractivity contribution in [1.82, 2.24) is 30.7 Å². The lowest BCUT2D eigenvalue weighted by Crippen LogP contribution is -2.58. The van der Waals surface area contributed by atoms with Crippen molar-refractivity contribution in [3.63, 3.8) is 0 Å². The molecular weight excluding hydrogens is 795 g/mol. The molecule has 3 aliphatic rings. The monoisotopic (exact) mass is 855 g/mol. The normalized spacial score (nSPS) is 20.0. The van der Waals surface area contributed by atoms with Crippen LogP contribution in [-0.2, 0) is 49.5 Å². The van der Waals surface area contributed by atoms with Crippen molar-refractivity contribution < 1.29 is 48.2 Å².